The van der Waals surface area contributed by atoms with Crippen LogP contribution in [0, 0.1) is 0 Å². The van der Waals surface area contributed by atoms with Crippen molar-refractivity contribution in [2.75, 3.05) is 5.73 Å². The van der Waals surface area contributed by atoms with Crippen molar-refractivity contribution in [1.82, 2.24) is 15.4 Å². The molecule has 0 bridgehead atoms. The standard InChI is InChI=1S/C3H4N4.3ClH/c4-3-1-2-5-7-6-3;;;/h1-2H,(H2,4,5,6);3*1H. The summed E-state index contributed by atoms with van der Waals surface area (Å²) in [5, 5.41) is 10.1. The zero-order valence-electron chi connectivity index (χ0n) is 4.80. The van der Waals surface area contributed by atoms with Gasteiger partial charge in [-0.1, -0.05) is 0 Å². The normalized spacial score (nSPS) is 6.00. The summed E-state index contributed by atoms with van der Waals surface area (Å²) in [4.78, 5) is 0. The van der Waals surface area contributed by atoms with Gasteiger partial charge in [0.25, 0.3) is 0 Å². The van der Waals surface area contributed by atoms with E-state index in [1.54, 1.807) is 6.07 Å². The second kappa shape index (κ2) is 8.68. The molecule has 2 N–H and O–H groups in total. The molecule has 1 aromatic heterocycles. The predicted octanol–water partition coefficient (Wildman–Crippen LogP) is 0.719. The summed E-state index contributed by atoms with van der Waals surface area (Å²) in [5.74, 6) is 0.398. The van der Waals surface area contributed by atoms with E-state index in [0.29, 0.717) is 5.82 Å². The van der Waals surface area contributed by atoms with Crippen molar-refractivity contribution in [2.24, 2.45) is 0 Å². The van der Waals surface area contributed by atoms with Crippen LogP contribution in [0.15, 0.2) is 12.3 Å². The first kappa shape index (κ1) is 16.3. The number of nitrogen functional groups attached to an aromatic ring is 1. The van der Waals surface area contributed by atoms with E-state index >= 15 is 0 Å². The predicted molar refractivity (Wildman–Crippen MR) is 46.0 cm³/mol. The van der Waals surface area contributed by atoms with Crippen LogP contribution in [0.2, 0.25) is 0 Å². The Balaban J connectivity index is -0.000000163. The van der Waals surface area contributed by atoms with Crippen LogP contribution in [0.5, 0.6) is 0 Å². The molecule has 0 saturated carbocycles. The van der Waals surface area contributed by atoms with Gasteiger partial charge in [-0.05, 0) is 5.21 Å². The van der Waals surface area contributed by atoms with Gasteiger partial charge in [0.05, 0.1) is 6.20 Å². The Kier molecular flexibility index (Phi) is 14.2. The van der Waals surface area contributed by atoms with Crippen molar-refractivity contribution in [1.29, 1.82) is 0 Å². The zero-order chi connectivity index (χ0) is 5.11. The molecule has 0 spiro atoms. The first-order valence-electron chi connectivity index (χ1n) is 1.79. The molecule has 0 aliphatic heterocycles. The van der Waals surface area contributed by atoms with Crippen LogP contribution in [0.3, 0.4) is 0 Å². The van der Waals surface area contributed by atoms with Gasteiger partial charge in [0.15, 0.2) is 0 Å². The molecule has 0 aromatic carbocycles. The van der Waals surface area contributed by atoms with E-state index in [4.69, 9.17) is 5.73 Å². The molecule has 0 atom stereocenters. The molecule has 0 radical (unpaired) electrons. The zero-order valence-corrected chi connectivity index (χ0v) is 7.25. The number of nitrogens with zero attached hydrogens (tertiary/aromatic N) is 3. The van der Waals surface area contributed by atoms with Crippen LogP contribution in [-0.4, -0.2) is 15.4 Å². The number of halogens is 3. The fourth-order valence-corrected chi connectivity index (χ4v) is 0.250. The minimum Gasteiger partial charge on any atom is -0.382 e. The van der Waals surface area contributed by atoms with Crippen LogP contribution < -0.4 is 5.73 Å². The number of hydrogen-bond donors (Lipinski definition) is 1. The molecule has 10 heavy (non-hydrogen) atoms. The number of anilines is 1. The monoisotopic (exact) mass is 204 g/mol. The highest BCUT2D eigenvalue weighted by molar-refractivity contribution is 5.86. The van der Waals surface area contributed by atoms with Gasteiger partial charge >= 0.3 is 0 Å². The summed E-state index contributed by atoms with van der Waals surface area (Å²) in [5.41, 5.74) is 5.14. The fourth-order valence-electron chi connectivity index (χ4n) is 0.250. The number of nitrogens with two attached hydrogens (primary N) is 1. The third-order valence-corrected chi connectivity index (χ3v) is 0.524. The smallest absolute Gasteiger partial charge is 0.149 e. The van der Waals surface area contributed by atoms with E-state index in [1.807, 2.05) is 0 Å². The summed E-state index contributed by atoms with van der Waals surface area (Å²) in [6, 6.07) is 1.58. The highest BCUT2D eigenvalue weighted by Crippen LogP contribution is 1.83. The summed E-state index contributed by atoms with van der Waals surface area (Å²) < 4.78 is 0. The van der Waals surface area contributed by atoms with Crippen molar-refractivity contribution in [3.63, 3.8) is 0 Å². The van der Waals surface area contributed by atoms with E-state index < -0.39 is 0 Å². The maximum absolute atomic E-state index is 5.14. The third-order valence-electron chi connectivity index (χ3n) is 0.524. The SMILES string of the molecule is Cl.Cl.Cl.Nc1ccnnn1. The number of aromatic nitrogens is 3. The van der Waals surface area contributed by atoms with Gasteiger partial charge in [-0.3, -0.25) is 0 Å². The molecule has 0 aliphatic carbocycles. The van der Waals surface area contributed by atoms with Crippen molar-refractivity contribution < 1.29 is 0 Å². The molecule has 60 valence electrons. The Hall–Kier alpha value is -0.320. The van der Waals surface area contributed by atoms with E-state index in [2.05, 4.69) is 15.4 Å². The summed E-state index contributed by atoms with van der Waals surface area (Å²) >= 11 is 0. The van der Waals surface area contributed by atoms with Crippen LogP contribution in [-0.2, 0) is 0 Å². The number of hydrogen-bond acceptors (Lipinski definition) is 4. The second-order valence-corrected chi connectivity index (χ2v) is 1.05. The molecular formula is C3H7Cl3N4. The van der Waals surface area contributed by atoms with E-state index in [0.717, 1.165) is 0 Å². The highest BCUT2D eigenvalue weighted by Gasteiger charge is 1.76. The quantitative estimate of drug-likeness (QED) is 0.678. The Labute approximate surface area is 76.8 Å². The Morgan fingerprint density at radius 3 is 2.00 bits per heavy atom. The van der Waals surface area contributed by atoms with Crippen molar-refractivity contribution in [3.05, 3.63) is 12.3 Å². The molecule has 0 aliphatic rings. The molecule has 0 unspecified atom stereocenters. The summed E-state index contributed by atoms with van der Waals surface area (Å²) in [7, 11) is 0. The first-order chi connectivity index (χ1) is 3.39. The van der Waals surface area contributed by atoms with Gasteiger partial charge in [0, 0.05) is 6.07 Å². The van der Waals surface area contributed by atoms with Crippen LogP contribution in [0.25, 0.3) is 0 Å². The minimum absolute atomic E-state index is 0. The lowest BCUT2D eigenvalue weighted by Gasteiger charge is -1.80. The Morgan fingerprint density at radius 2 is 1.80 bits per heavy atom. The average Bonchev–Trinajstić information content (AvgIpc) is 1.69. The van der Waals surface area contributed by atoms with Gasteiger partial charge in [-0.25, -0.2) is 0 Å². The highest BCUT2D eigenvalue weighted by atomic mass is 35.5. The first-order valence-corrected chi connectivity index (χ1v) is 1.79. The lowest BCUT2D eigenvalue weighted by molar-refractivity contribution is 0.873. The van der Waals surface area contributed by atoms with Gasteiger partial charge in [-0.2, -0.15) is 0 Å². The second-order valence-electron chi connectivity index (χ2n) is 1.05. The van der Waals surface area contributed by atoms with Crippen molar-refractivity contribution in [3.8, 4) is 0 Å². The van der Waals surface area contributed by atoms with Crippen molar-refractivity contribution >= 4 is 43.0 Å². The average molecular weight is 205 g/mol. The third kappa shape index (κ3) is 5.81. The lowest BCUT2D eigenvalue weighted by Crippen LogP contribution is -1.91. The topological polar surface area (TPSA) is 64.7 Å². The maximum atomic E-state index is 5.14. The lowest BCUT2D eigenvalue weighted by atomic mass is 10.6. The van der Waals surface area contributed by atoms with Gasteiger partial charge < -0.3 is 5.73 Å². The molecule has 0 saturated heterocycles. The summed E-state index contributed by atoms with van der Waals surface area (Å²) in [6.07, 6.45) is 1.49. The Bertz CT molecular complexity index is 146. The van der Waals surface area contributed by atoms with Gasteiger partial charge in [-0.15, -0.1) is 47.4 Å². The molecule has 0 amide bonds. The minimum atomic E-state index is 0. The molecule has 1 rings (SSSR count). The molecule has 7 heteroatoms. The van der Waals surface area contributed by atoms with Gasteiger partial charge in [0.1, 0.15) is 5.82 Å². The molecular weight excluding hydrogens is 198 g/mol. The molecule has 1 aromatic rings. The van der Waals surface area contributed by atoms with Crippen LogP contribution >= 0.6 is 37.2 Å². The van der Waals surface area contributed by atoms with E-state index in [-0.39, 0.29) is 37.2 Å². The van der Waals surface area contributed by atoms with Crippen molar-refractivity contribution in [2.45, 2.75) is 0 Å². The van der Waals surface area contributed by atoms with Crippen LogP contribution in [0.1, 0.15) is 0 Å². The largest absolute Gasteiger partial charge is 0.382 e. The van der Waals surface area contributed by atoms with Gasteiger partial charge in [0.2, 0.25) is 0 Å². The number of rotatable bonds is 0. The Morgan fingerprint density at radius 1 is 1.20 bits per heavy atom. The molecule has 4 nitrogen and oxygen atoms in total. The molecule has 0 fully saturated rings. The fraction of sp³-hybridized carbons (Fsp3) is 0. The maximum Gasteiger partial charge on any atom is 0.149 e. The van der Waals surface area contributed by atoms with E-state index in [1.165, 1.54) is 6.20 Å². The molecule has 1 heterocycles. The van der Waals surface area contributed by atoms with E-state index in [9.17, 15) is 0 Å². The summed E-state index contributed by atoms with van der Waals surface area (Å²) in [6.45, 7) is 0. The van der Waals surface area contributed by atoms with Crippen LogP contribution in [0.4, 0.5) is 5.82 Å².